The minimum atomic E-state index is -0.774. The highest BCUT2D eigenvalue weighted by Gasteiger charge is 2.30. The molecule has 0 amide bonds. The summed E-state index contributed by atoms with van der Waals surface area (Å²) in [6.45, 7) is 0.652. The molecule has 2 aromatic rings. The maximum atomic E-state index is 10.7. The number of nitro groups is 1. The number of β-amino-alcohol motifs (C(OH)–C–C–N with tert-alkyl or cyclic N) is 2. The molecule has 1 aromatic heterocycles. The van der Waals surface area contributed by atoms with Crippen LogP contribution in [-0.4, -0.2) is 45.4 Å². The van der Waals surface area contributed by atoms with Crippen molar-refractivity contribution in [3.8, 4) is 0 Å². The van der Waals surface area contributed by atoms with Crippen molar-refractivity contribution in [2.45, 2.75) is 12.2 Å². The summed E-state index contributed by atoms with van der Waals surface area (Å²) >= 11 is 0. The Morgan fingerprint density at radius 3 is 2.55 bits per heavy atom. The number of nitrogens with zero attached hydrogens (tertiary/aromatic N) is 3. The Bertz CT molecular complexity index is 666. The molecule has 20 heavy (non-hydrogen) atoms. The highest BCUT2D eigenvalue weighted by Crippen LogP contribution is 2.24. The van der Waals surface area contributed by atoms with Gasteiger partial charge in [0.2, 0.25) is 0 Å². The van der Waals surface area contributed by atoms with Crippen molar-refractivity contribution >= 4 is 22.4 Å². The second kappa shape index (κ2) is 4.69. The first-order chi connectivity index (χ1) is 9.54. The number of anilines is 1. The van der Waals surface area contributed by atoms with E-state index in [1.54, 1.807) is 23.1 Å². The molecule has 7 heteroatoms. The zero-order valence-electron chi connectivity index (χ0n) is 10.5. The number of nitro benzene ring substituents is 1. The summed E-state index contributed by atoms with van der Waals surface area (Å²) in [5.74, 6) is 0.641. The third kappa shape index (κ3) is 2.17. The molecule has 0 bridgehead atoms. The molecule has 2 unspecified atom stereocenters. The van der Waals surface area contributed by atoms with Crippen molar-refractivity contribution in [1.82, 2.24) is 4.98 Å². The standard InChI is InChI=1S/C13H13N3O4/c17-11-6-15(7-12(11)18)13-4-1-8-5-9(16(19)20)2-3-10(8)14-13/h1-5,11-12,17-18H,6-7H2. The molecule has 1 saturated heterocycles. The summed E-state index contributed by atoms with van der Waals surface area (Å²) in [5.41, 5.74) is 0.669. The first-order valence-electron chi connectivity index (χ1n) is 6.21. The van der Waals surface area contributed by atoms with Crippen molar-refractivity contribution in [1.29, 1.82) is 0 Å². The van der Waals surface area contributed by atoms with Gasteiger partial charge in [-0.25, -0.2) is 4.98 Å². The van der Waals surface area contributed by atoms with E-state index >= 15 is 0 Å². The maximum absolute atomic E-state index is 10.7. The number of rotatable bonds is 2. The molecular formula is C13H13N3O4. The quantitative estimate of drug-likeness (QED) is 0.617. The lowest BCUT2D eigenvalue weighted by atomic mass is 10.2. The second-order valence-electron chi connectivity index (χ2n) is 4.84. The Hall–Kier alpha value is -2.25. The number of aliphatic hydroxyl groups is 2. The molecule has 1 aliphatic rings. The average molecular weight is 275 g/mol. The van der Waals surface area contributed by atoms with E-state index < -0.39 is 17.1 Å². The molecule has 0 aliphatic carbocycles. The van der Waals surface area contributed by atoms with E-state index in [0.29, 0.717) is 29.8 Å². The first kappa shape index (κ1) is 12.8. The van der Waals surface area contributed by atoms with Gasteiger partial charge in [-0.1, -0.05) is 0 Å². The molecule has 104 valence electrons. The van der Waals surface area contributed by atoms with E-state index in [-0.39, 0.29) is 5.69 Å². The zero-order valence-corrected chi connectivity index (χ0v) is 10.5. The van der Waals surface area contributed by atoms with Crippen LogP contribution in [0.4, 0.5) is 11.5 Å². The van der Waals surface area contributed by atoms with Crippen molar-refractivity contribution in [3.05, 3.63) is 40.4 Å². The van der Waals surface area contributed by atoms with Crippen LogP contribution >= 0.6 is 0 Å². The fraction of sp³-hybridized carbons (Fsp3) is 0.308. The van der Waals surface area contributed by atoms with Gasteiger partial charge >= 0.3 is 0 Å². The van der Waals surface area contributed by atoms with E-state index in [9.17, 15) is 20.3 Å². The molecule has 1 aromatic carbocycles. The molecule has 1 fully saturated rings. The summed E-state index contributed by atoms with van der Waals surface area (Å²) in [4.78, 5) is 16.5. The Kier molecular flexibility index (Phi) is 3.00. The van der Waals surface area contributed by atoms with Crippen molar-refractivity contribution in [3.63, 3.8) is 0 Å². The van der Waals surface area contributed by atoms with Gasteiger partial charge < -0.3 is 15.1 Å². The van der Waals surface area contributed by atoms with Crippen LogP contribution in [0.5, 0.6) is 0 Å². The Labute approximate surface area is 114 Å². The first-order valence-corrected chi connectivity index (χ1v) is 6.21. The number of hydrogen-bond donors (Lipinski definition) is 2. The van der Waals surface area contributed by atoms with Crippen molar-refractivity contribution in [2.75, 3.05) is 18.0 Å². The SMILES string of the molecule is O=[N+]([O-])c1ccc2nc(N3CC(O)C(O)C3)ccc2c1. The minimum Gasteiger partial charge on any atom is -0.389 e. The molecule has 0 saturated carbocycles. The lowest BCUT2D eigenvalue weighted by molar-refractivity contribution is -0.384. The molecule has 3 rings (SSSR count). The number of pyridine rings is 1. The van der Waals surface area contributed by atoms with Crippen LogP contribution in [0.25, 0.3) is 10.9 Å². The smallest absolute Gasteiger partial charge is 0.270 e. The van der Waals surface area contributed by atoms with E-state index in [4.69, 9.17) is 0 Å². The Morgan fingerprint density at radius 1 is 1.20 bits per heavy atom. The Balaban J connectivity index is 1.95. The van der Waals surface area contributed by atoms with Gasteiger partial charge in [0.05, 0.1) is 22.6 Å². The molecule has 0 spiro atoms. The third-order valence-electron chi connectivity index (χ3n) is 3.45. The summed E-state index contributed by atoms with van der Waals surface area (Å²) in [7, 11) is 0. The number of fused-ring (bicyclic) bond motifs is 1. The fourth-order valence-electron chi connectivity index (χ4n) is 2.35. The molecule has 7 nitrogen and oxygen atoms in total. The van der Waals surface area contributed by atoms with E-state index in [1.807, 2.05) is 0 Å². The van der Waals surface area contributed by atoms with Gasteiger partial charge in [-0.05, 0) is 18.2 Å². The third-order valence-corrected chi connectivity index (χ3v) is 3.45. The Morgan fingerprint density at radius 2 is 1.90 bits per heavy atom. The number of non-ortho nitro benzene ring substituents is 1. The zero-order chi connectivity index (χ0) is 14.3. The van der Waals surface area contributed by atoms with Crippen LogP contribution in [0, 0.1) is 10.1 Å². The van der Waals surface area contributed by atoms with Gasteiger partial charge in [-0.2, -0.15) is 0 Å². The minimum absolute atomic E-state index is 0.0269. The number of aliphatic hydroxyl groups excluding tert-OH is 2. The molecule has 1 aliphatic heterocycles. The molecule has 0 radical (unpaired) electrons. The van der Waals surface area contributed by atoms with Gasteiger partial charge in [0.1, 0.15) is 5.82 Å². The largest absolute Gasteiger partial charge is 0.389 e. The highest BCUT2D eigenvalue weighted by atomic mass is 16.6. The predicted octanol–water partition coefficient (Wildman–Crippen LogP) is 0.685. The van der Waals surface area contributed by atoms with Crippen LogP contribution in [0.1, 0.15) is 0 Å². The average Bonchev–Trinajstić information content (AvgIpc) is 2.77. The molecular weight excluding hydrogens is 262 g/mol. The highest BCUT2D eigenvalue weighted by molar-refractivity contribution is 5.82. The van der Waals surface area contributed by atoms with Crippen LogP contribution < -0.4 is 4.90 Å². The normalized spacial score (nSPS) is 22.4. The lowest BCUT2D eigenvalue weighted by Gasteiger charge is -2.16. The molecule has 2 N–H and O–H groups in total. The number of benzene rings is 1. The van der Waals surface area contributed by atoms with Gasteiger partial charge in [0.15, 0.2) is 0 Å². The summed E-state index contributed by atoms with van der Waals surface area (Å²) in [6, 6.07) is 7.96. The lowest BCUT2D eigenvalue weighted by Crippen LogP contribution is -2.22. The van der Waals surface area contributed by atoms with Crippen molar-refractivity contribution in [2.24, 2.45) is 0 Å². The van der Waals surface area contributed by atoms with E-state index in [2.05, 4.69) is 4.98 Å². The van der Waals surface area contributed by atoms with Crippen LogP contribution in [0.3, 0.4) is 0 Å². The van der Waals surface area contributed by atoms with Crippen LogP contribution in [0.15, 0.2) is 30.3 Å². The van der Waals surface area contributed by atoms with Crippen LogP contribution in [0.2, 0.25) is 0 Å². The summed E-state index contributed by atoms with van der Waals surface area (Å²) in [5, 5.41) is 30.5. The maximum Gasteiger partial charge on any atom is 0.270 e. The molecule has 2 heterocycles. The van der Waals surface area contributed by atoms with E-state index in [1.165, 1.54) is 12.1 Å². The van der Waals surface area contributed by atoms with Crippen molar-refractivity contribution < 1.29 is 15.1 Å². The summed E-state index contributed by atoms with van der Waals surface area (Å²) in [6.07, 6.45) is -1.55. The molecule has 2 atom stereocenters. The van der Waals surface area contributed by atoms with E-state index in [0.717, 1.165) is 0 Å². The van der Waals surface area contributed by atoms with Gasteiger partial charge in [-0.3, -0.25) is 10.1 Å². The number of aromatic nitrogens is 1. The topological polar surface area (TPSA) is 99.7 Å². The fourth-order valence-corrected chi connectivity index (χ4v) is 2.35. The van der Waals surface area contributed by atoms with Gasteiger partial charge in [0.25, 0.3) is 5.69 Å². The summed E-state index contributed by atoms with van der Waals surface area (Å²) < 4.78 is 0. The second-order valence-corrected chi connectivity index (χ2v) is 4.84. The van der Waals surface area contributed by atoms with Crippen LogP contribution in [-0.2, 0) is 0 Å². The monoisotopic (exact) mass is 275 g/mol. The van der Waals surface area contributed by atoms with Gasteiger partial charge in [0, 0.05) is 30.6 Å². The predicted molar refractivity (Wildman–Crippen MR) is 72.6 cm³/mol. The number of hydrogen-bond acceptors (Lipinski definition) is 6. The van der Waals surface area contributed by atoms with Gasteiger partial charge in [-0.15, -0.1) is 0 Å².